The number of rotatable bonds is 4. The molecule has 2 heterocycles. The Labute approximate surface area is 139 Å². The maximum absolute atomic E-state index is 12.5. The molecule has 2 aliphatic carbocycles. The zero-order valence-corrected chi connectivity index (χ0v) is 14.5. The van der Waals surface area contributed by atoms with Crippen LogP contribution in [0.15, 0.2) is 0 Å². The van der Waals surface area contributed by atoms with Crippen LogP contribution in [-0.2, 0) is 9.53 Å². The summed E-state index contributed by atoms with van der Waals surface area (Å²) in [5.74, 6) is 2.72. The lowest BCUT2D eigenvalue weighted by atomic mass is 9.84. The first-order valence-corrected chi connectivity index (χ1v) is 9.43. The monoisotopic (exact) mass is 321 g/mol. The highest BCUT2D eigenvalue weighted by atomic mass is 16.5. The number of carbonyl (C=O) groups excluding carboxylic acids is 1. The van der Waals surface area contributed by atoms with E-state index in [2.05, 4.69) is 29.1 Å². The summed E-state index contributed by atoms with van der Waals surface area (Å²) in [5.41, 5.74) is 0. The molecule has 5 nitrogen and oxygen atoms in total. The average molecular weight is 321 g/mol. The summed E-state index contributed by atoms with van der Waals surface area (Å²) in [6, 6.07) is 0.793. The van der Waals surface area contributed by atoms with Crippen molar-refractivity contribution < 1.29 is 9.53 Å². The number of nitrogens with zero attached hydrogens (tertiary/aromatic N) is 2. The van der Waals surface area contributed by atoms with E-state index in [9.17, 15) is 4.79 Å². The Morgan fingerprint density at radius 3 is 2.87 bits per heavy atom. The molecule has 1 N–H and O–H groups in total. The molecule has 0 aromatic carbocycles. The maximum atomic E-state index is 12.5. The van der Waals surface area contributed by atoms with Crippen LogP contribution in [0.2, 0.25) is 0 Å². The lowest BCUT2D eigenvalue weighted by Crippen LogP contribution is -2.48. The Morgan fingerprint density at radius 1 is 1.30 bits per heavy atom. The van der Waals surface area contributed by atoms with Crippen LogP contribution in [0.3, 0.4) is 0 Å². The Morgan fingerprint density at radius 2 is 2.17 bits per heavy atom. The van der Waals surface area contributed by atoms with Crippen molar-refractivity contribution in [3.05, 3.63) is 0 Å². The van der Waals surface area contributed by atoms with Crippen LogP contribution < -0.4 is 5.32 Å². The molecule has 5 heteroatoms. The second kappa shape index (κ2) is 6.34. The van der Waals surface area contributed by atoms with Gasteiger partial charge in [0.15, 0.2) is 0 Å². The van der Waals surface area contributed by atoms with Crippen LogP contribution in [-0.4, -0.2) is 73.7 Å². The molecule has 2 bridgehead atoms. The summed E-state index contributed by atoms with van der Waals surface area (Å²) >= 11 is 0. The van der Waals surface area contributed by atoms with Crippen LogP contribution in [0.5, 0.6) is 0 Å². The third-order valence-electron chi connectivity index (χ3n) is 6.85. The van der Waals surface area contributed by atoms with E-state index in [4.69, 9.17) is 4.74 Å². The van der Waals surface area contributed by atoms with Crippen molar-refractivity contribution in [1.82, 2.24) is 15.1 Å². The second-order valence-corrected chi connectivity index (χ2v) is 8.35. The van der Waals surface area contributed by atoms with Gasteiger partial charge in [-0.15, -0.1) is 0 Å². The lowest BCUT2D eigenvalue weighted by molar-refractivity contribution is -0.123. The normalized spacial score (nSPS) is 41.9. The molecular weight excluding hydrogens is 290 g/mol. The molecule has 4 aliphatic rings. The van der Waals surface area contributed by atoms with Gasteiger partial charge in [0.05, 0.1) is 19.3 Å². The Kier molecular flexibility index (Phi) is 4.37. The first-order chi connectivity index (χ1) is 11.1. The SMILES string of the molecule is C[C@H](NC(=O)CN1C[C@@H]2OCCN(C)[C@@H]2C1)[C@H]1C[C@H]2CC[C@H]1C2. The van der Waals surface area contributed by atoms with E-state index in [1.54, 1.807) is 0 Å². The number of morpholine rings is 1. The topological polar surface area (TPSA) is 44.8 Å². The molecule has 1 amide bonds. The Hall–Kier alpha value is -0.650. The van der Waals surface area contributed by atoms with Crippen molar-refractivity contribution in [2.24, 2.45) is 17.8 Å². The zero-order valence-electron chi connectivity index (χ0n) is 14.5. The number of fused-ring (bicyclic) bond motifs is 3. The van der Waals surface area contributed by atoms with Crippen molar-refractivity contribution in [1.29, 1.82) is 0 Å². The standard InChI is InChI=1S/C18H31N3O2/c1-12(15-8-13-3-4-14(15)7-13)19-18(22)11-21-9-16-17(10-21)23-6-5-20(16)2/h12-17H,3-11H2,1-2H3,(H,19,22)/t12-,13-,14-,15+,16+,17-/m0/s1. The first kappa shape index (κ1) is 15.9. The highest BCUT2D eigenvalue weighted by molar-refractivity contribution is 5.78. The van der Waals surface area contributed by atoms with Crippen LogP contribution in [0.1, 0.15) is 32.6 Å². The molecule has 0 aromatic rings. The minimum atomic E-state index is 0.196. The lowest BCUT2D eigenvalue weighted by Gasteiger charge is -2.33. The van der Waals surface area contributed by atoms with E-state index in [1.807, 2.05) is 0 Å². The van der Waals surface area contributed by atoms with Crippen LogP contribution in [0.25, 0.3) is 0 Å². The molecule has 2 saturated heterocycles. The minimum absolute atomic E-state index is 0.196. The fraction of sp³-hybridized carbons (Fsp3) is 0.944. The van der Waals surface area contributed by atoms with Crippen molar-refractivity contribution in [3.8, 4) is 0 Å². The van der Waals surface area contributed by atoms with E-state index < -0.39 is 0 Å². The Bertz CT molecular complexity index is 458. The van der Waals surface area contributed by atoms with Gasteiger partial charge in [0.2, 0.25) is 5.91 Å². The van der Waals surface area contributed by atoms with Crippen molar-refractivity contribution in [2.75, 3.05) is 39.8 Å². The van der Waals surface area contributed by atoms with Crippen LogP contribution in [0, 0.1) is 17.8 Å². The fourth-order valence-electron chi connectivity index (χ4n) is 5.58. The number of amides is 1. The van der Waals surface area contributed by atoms with Crippen LogP contribution in [0.4, 0.5) is 0 Å². The molecule has 6 atom stereocenters. The summed E-state index contributed by atoms with van der Waals surface area (Å²) < 4.78 is 5.86. The smallest absolute Gasteiger partial charge is 0.234 e. The molecule has 2 aliphatic heterocycles. The number of hydrogen-bond acceptors (Lipinski definition) is 4. The average Bonchev–Trinajstić information content (AvgIpc) is 3.21. The Balaban J connectivity index is 1.26. The first-order valence-electron chi connectivity index (χ1n) is 9.43. The summed E-state index contributed by atoms with van der Waals surface area (Å²) in [6.45, 7) is 6.41. The molecule has 4 rings (SSSR count). The number of likely N-dealkylation sites (N-methyl/N-ethyl adjacent to an activating group) is 1. The summed E-state index contributed by atoms with van der Waals surface area (Å²) in [4.78, 5) is 17.1. The molecule has 0 spiro atoms. The van der Waals surface area contributed by atoms with Gasteiger partial charge in [0.1, 0.15) is 0 Å². The summed E-state index contributed by atoms with van der Waals surface area (Å²) in [6.07, 6.45) is 5.83. The predicted octanol–water partition coefficient (Wildman–Crippen LogP) is 0.942. The van der Waals surface area contributed by atoms with Gasteiger partial charge in [-0.2, -0.15) is 0 Å². The van der Waals surface area contributed by atoms with E-state index >= 15 is 0 Å². The molecule has 0 radical (unpaired) electrons. The molecule has 0 aromatic heterocycles. The fourth-order valence-corrected chi connectivity index (χ4v) is 5.58. The zero-order chi connectivity index (χ0) is 16.0. The molecular formula is C18H31N3O2. The number of hydrogen-bond donors (Lipinski definition) is 1. The third kappa shape index (κ3) is 3.15. The van der Waals surface area contributed by atoms with Crippen molar-refractivity contribution in [2.45, 2.75) is 50.8 Å². The van der Waals surface area contributed by atoms with Crippen LogP contribution >= 0.6 is 0 Å². The largest absolute Gasteiger partial charge is 0.374 e. The molecule has 0 unspecified atom stereocenters. The number of nitrogens with one attached hydrogen (secondary N) is 1. The van der Waals surface area contributed by atoms with Crippen molar-refractivity contribution >= 4 is 5.91 Å². The van der Waals surface area contributed by atoms with Gasteiger partial charge in [-0.1, -0.05) is 6.42 Å². The highest BCUT2D eigenvalue weighted by Crippen LogP contribution is 2.49. The van der Waals surface area contributed by atoms with Crippen molar-refractivity contribution in [3.63, 3.8) is 0 Å². The highest BCUT2D eigenvalue weighted by Gasteiger charge is 2.43. The summed E-state index contributed by atoms with van der Waals surface area (Å²) in [7, 11) is 2.17. The van der Waals surface area contributed by atoms with E-state index in [-0.39, 0.29) is 12.0 Å². The quantitative estimate of drug-likeness (QED) is 0.837. The number of carbonyl (C=O) groups is 1. The molecule has 23 heavy (non-hydrogen) atoms. The van der Waals surface area contributed by atoms with Gasteiger partial charge in [-0.25, -0.2) is 0 Å². The van der Waals surface area contributed by atoms with E-state index in [1.165, 1.54) is 25.7 Å². The van der Waals surface area contributed by atoms with Gasteiger partial charge < -0.3 is 10.1 Å². The number of likely N-dealkylation sites (tertiary alicyclic amines) is 1. The number of ether oxygens (including phenoxy) is 1. The van der Waals surface area contributed by atoms with Gasteiger partial charge in [-0.3, -0.25) is 14.6 Å². The van der Waals surface area contributed by atoms with Gasteiger partial charge in [-0.05, 0) is 51.0 Å². The van der Waals surface area contributed by atoms with Gasteiger partial charge in [0.25, 0.3) is 0 Å². The molecule has 4 fully saturated rings. The molecule has 130 valence electrons. The van der Waals surface area contributed by atoms with E-state index in [0.717, 1.165) is 38.1 Å². The maximum Gasteiger partial charge on any atom is 0.234 e. The van der Waals surface area contributed by atoms with E-state index in [0.29, 0.717) is 24.5 Å². The second-order valence-electron chi connectivity index (χ2n) is 8.35. The predicted molar refractivity (Wildman–Crippen MR) is 89.1 cm³/mol. The summed E-state index contributed by atoms with van der Waals surface area (Å²) in [5, 5.41) is 3.29. The van der Waals surface area contributed by atoms with Gasteiger partial charge >= 0.3 is 0 Å². The third-order valence-corrected chi connectivity index (χ3v) is 6.85. The van der Waals surface area contributed by atoms with Gasteiger partial charge in [0, 0.05) is 31.7 Å². The minimum Gasteiger partial charge on any atom is -0.374 e. The molecule has 2 saturated carbocycles.